The van der Waals surface area contributed by atoms with Crippen molar-refractivity contribution >= 4 is 15.2 Å². The summed E-state index contributed by atoms with van der Waals surface area (Å²) in [5, 5.41) is 10.4. The van der Waals surface area contributed by atoms with Crippen molar-refractivity contribution in [2.45, 2.75) is 387 Å². The maximum Gasteiger partial charge on any atom is 0.344 e. The maximum atomic E-state index is 14.8. The molecule has 10 heteroatoms. The monoisotopic (exact) mass is 1250 g/mol. The molecular formula is C76H149NO7P2. The first-order valence-corrected chi connectivity index (χ1v) is 41.5. The smallest absolute Gasteiger partial charge is 0.344 e. The number of rotatable bonds is 74. The topological polar surface area (TPSA) is 94.5 Å². The highest BCUT2D eigenvalue weighted by atomic mass is 31.2. The summed E-state index contributed by atoms with van der Waals surface area (Å²) in [5.41, 5.74) is 0. The highest BCUT2D eigenvalue weighted by Crippen LogP contribution is 2.53. The van der Waals surface area contributed by atoms with E-state index in [1.54, 1.807) is 4.90 Å². The Balaban J connectivity index is 5.45. The molecule has 0 saturated heterocycles. The Bertz CT molecular complexity index is 1330. The molecule has 0 saturated carbocycles. The number of nitrogens with zero attached hydrogens (tertiary/aromatic N) is 1. The van der Waals surface area contributed by atoms with Crippen molar-refractivity contribution in [3.05, 3.63) is 48.6 Å². The molecule has 0 radical (unpaired) electrons. The number of unbranched alkanes of at least 4 members (excludes halogenated alkanes) is 48. The molecule has 0 fully saturated rings. The van der Waals surface area contributed by atoms with Gasteiger partial charge in [-0.2, -0.15) is 0 Å². The predicted molar refractivity (Wildman–Crippen MR) is 380 cm³/mol. The average Bonchev–Trinajstić information content (AvgIpc) is 3.10. The van der Waals surface area contributed by atoms with Crippen LogP contribution in [-0.4, -0.2) is 62.2 Å². The zero-order valence-electron chi connectivity index (χ0n) is 58.1. The van der Waals surface area contributed by atoms with E-state index in [0.717, 1.165) is 77.0 Å². The van der Waals surface area contributed by atoms with Crippen LogP contribution in [0.5, 0.6) is 0 Å². The second kappa shape index (κ2) is 71.6. The van der Waals surface area contributed by atoms with E-state index in [2.05, 4.69) is 76.3 Å². The second-order valence-corrected chi connectivity index (χ2v) is 29.7. The normalized spacial score (nSPS) is 12.6. The van der Waals surface area contributed by atoms with E-state index >= 15 is 0 Å². The minimum atomic E-state index is -3.64. The van der Waals surface area contributed by atoms with E-state index in [1.807, 2.05) is 0 Å². The van der Waals surface area contributed by atoms with Gasteiger partial charge in [0.2, 0.25) is 0 Å². The van der Waals surface area contributed by atoms with Gasteiger partial charge in [0.1, 0.15) is 12.6 Å². The van der Waals surface area contributed by atoms with Gasteiger partial charge in [-0.25, -0.2) is 0 Å². The van der Waals surface area contributed by atoms with Crippen molar-refractivity contribution in [1.82, 2.24) is 4.90 Å². The van der Waals surface area contributed by atoms with Crippen molar-refractivity contribution in [1.29, 1.82) is 0 Å². The van der Waals surface area contributed by atoms with Gasteiger partial charge < -0.3 is 23.2 Å². The van der Waals surface area contributed by atoms with Gasteiger partial charge in [0.05, 0.1) is 33.0 Å². The van der Waals surface area contributed by atoms with Crippen molar-refractivity contribution < 1.29 is 32.3 Å². The van der Waals surface area contributed by atoms with Crippen LogP contribution in [0.1, 0.15) is 387 Å². The van der Waals surface area contributed by atoms with Crippen LogP contribution in [0.3, 0.4) is 0 Å². The number of allylic oxidation sites excluding steroid dienone is 8. The van der Waals surface area contributed by atoms with Crippen LogP contribution < -0.4 is 0 Å². The van der Waals surface area contributed by atoms with Crippen LogP contribution in [0.25, 0.3) is 0 Å². The number of hydrogen-bond donors (Lipinski definition) is 1. The Morgan fingerprint density at radius 1 is 0.256 bits per heavy atom. The van der Waals surface area contributed by atoms with Crippen molar-refractivity contribution in [3.63, 3.8) is 0 Å². The van der Waals surface area contributed by atoms with E-state index < -0.39 is 15.2 Å². The summed E-state index contributed by atoms with van der Waals surface area (Å²) in [5.74, 6) is 0. The molecule has 8 nitrogen and oxygen atoms in total. The quantitative estimate of drug-likeness (QED) is 0.0366. The molecule has 0 aliphatic rings. The summed E-state index contributed by atoms with van der Waals surface area (Å²) in [4.78, 5) is 1.77. The third-order valence-corrected chi connectivity index (χ3v) is 20.7. The zero-order chi connectivity index (χ0) is 62.3. The molecule has 0 bridgehead atoms. The summed E-state index contributed by atoms with van der Waals surface area (Å²) >= 11 is 0. The van der Waals surface area contributed by atoms with Crippen LogP contribution in [0.15, 0.2) is 48.6 Å². The summed E-state index contributed by atoms with van der Waals surface area (Å²) in [6.07, 6.45) is 87.5. The van der Waals surface area contributed by atoms with Gasteiger partial charge in [-0.1, -0.05) is 307 Å². The zero-order valence-corrected chi connectivity index (χ0v) is 59.9. The van der Waals surface area contributed by atoms with Gasteiger partial charge in [-0.15, -0.1) is 0 Å². The number of aliphatic hydroxyl groups excluding tert-OH is 1. The number of hydrogen-bond acceptors (Lipinski definition) is 8. The van der Waals surface area contributed by atoms with Crippen molar-refractivity contribution in [2.24, 2.45) is 0 Å². The first-order valence-electron chi connectivity index (χ1n) is 38.1. The first-order chi connectivity index (χ1) is 42.4. The molecule has 0 unspecified atom stereocenters. The molecule has 510 valence electrons. The third kappa shape index (κ3) is 66.1. The summed E-state index contributed by atoms with van der Waals surface area (Å²) in [7, 11) is -7.28. The summed E-state index contributed by atoms with van der Waals surface area (Å²) in [6.45, 7) is 10.5. The van der Waals surface area contributed by atoms with Crippen molar-refractivity contribution in [3.8, 4) is 0 Å². The standard InChI is InChI=1S/C76H149NO7P2/c1-5-9-13-17-21-25-29-33-37-41-45-49-53-57-61-65-71-81-85(79,82-72-66-62-58-54-50-46-42-38-34-30-26-22-18-14-10-6-2)75-77(69-70-78)76-86(80,83-73-67-63-59-55-51-47-43-39-35-31-27-23-19-15-11-7-3)84-74-68-64-60-56-52-48-44-40-36-32-28-24-20-16-12-8-4/h33-40,78H,5-32,41-76H2,1-4H3/b37-33-,38-34-,39-35-,40-36-. The molecular weight excluding hydrogens is 1100 g/mol. The van der Waals surface area contributed by atoms with Gasteiger partial charge in [0.25, 0.3) is 0 Å². The molecule has 0 rings (SSSR count). The molecule has 0 amide bonds. The molecule has 86 heavy (non-hydrogen) atoms. The van der Waals surface area contributed by atoms with Gasteiger partial charge >= 0.3 is 15.2 Å². The molecule has 0 heterocycles. The molecule has 1 N–H and O–H groups in total. The highest BCUT2D eigenvalue weighted by molar-refractivity contribution is 7.54. The van der Waals surface area contributed by atoms with E-state index in [9.17, 15) is 14.2 Å². The molecule has 0 aliphatic carbocycles. The molecule has 0 aromatic carbocycles. The minimum absolute atomic E-state index is 0.0501. The molecule has 0 aliphatic heterocycles. The third-order valence-electron chi connectivity index (χ3n) is 16.9. The van der Waals surface area contributed by atoms with Crippen LogP contribution in [-0.2, 0) is 27.2 Å². The van der Waals surface area contributed by atoms with Crippen LogP contribution >= 0.6 is 15.2 Å². The average molecular weight is 1250 g/mol. The lowest BCUT2D eigenvalue weighted by molar-refractivity contribution is 0.156. The molecule has 0 aromatic heterocycles. The molecule has 0 aromatic rings. The molecule has 0 atom stereocenters. The Morgan fingerprint density at radius 3 is 0.593 bits per heavy atom. The van der Waals surface area contributed by atoms with Gasteiger partial charge in [-0.3, -0.25) is 14.0 Å². The maximum absolute atomic E-state index is 14.8. The van der Waals surface area contributed by atoms with Crippen molar-refractivity contribution in [2.75, 3.05) is 52.2 Å². The van der Waals surface area contributed by atoms with Crippen LogP contribution in [0.4, 0.5) is 0 Å². The Labute approximate surface area is 537 Å². The lowest BCUT2D eigenvalue weighted by Gasteiger charge is -2.29. The minimum Gasteiger partial charge on any atom is -0.395 e. The Hall–Kier alpha value is -0.820. The van der Waals surface area contributed by atoms with E-state index in [4.69, 9.17) is 18.1 Å². The lowest BCUT2D eigenvalue weighted by atomic mass is 10.1. The van der Waals surface area contributed by atoms with E-state index in [0.29, 0.717) is 26.4 Å². The number of aliphatic hydroxyl groups is 1. The summed E-state index contributed by atoms with van der Waals surface area (Å²) < 4.78 is 54.7. The predicted octanol–water partition coefficient (Wildman–Crippen LogP) is 26.8. The summed E-state index contributed by atoms with van der Waals surface area (Å²) in [6, 6.07) is 0. The Morgan fingerprint density at radius 2 is 0.419 bits per heavy atom. The molecule has 0 spiro atoms. The fraction of sp³-hybridized carbons (Fsp3) is 0.895. The SMILES string of the molecule is CCCCCCCC/C=C\CCCCCCCCOP(=O)(CN(CCO)CP(=O)(OCCCCCCCC/C=C\CCCCCCCC)OCCCCCCCC/C=C\CCCCCCCC)OCCCCCCCC/C=C\CCCCCCCC. The van der Waals surface area contributed by atoms with E-state index in [-0.39, 0.29) is 25.7 Å². The van der Waals surface area contributed by atoms with Gasteiger partial charge in [0, 0.05) is 6.54 Å². The highest BCUT2D eigenvalue weighted by Gasteiger charge is 2.34. The second-order valence-electron chi connectivity index (χ2n) is 25.7. The van der Waals surface area contributed by atoms with Crippen LogP contribution in [0, 0.1) is 0 Å². The van der Waals surface area contributed by atoms with E-state index in [1.165, 1.54) is 283 Å². The lowest BCUT2D eigenvalue weighted by Crippen LogP contribution is -2.31. The Kier molecular flexibility index (Phi) is 70.9. The fourth-order valence-corrected chi connectivity index (χ4v) is 15.0. The first kappa shape index (κ1) is 85.2. The van der Waals surface area contributed by atoms with Crippen LogP contribution in [0.2, 0.25) is 0 Å². The fourth-order valence-electron chi connectivity index (χ4n) is 11.3. The van der Waals surface area contributed by atoms with Gasteiger partial charge in [0.15, 0.2) is 0 Å². The van der Waals surface area contributed by atoms with Gasteiger partial charge in [-0.05, 0) is 128 Å². The largest absolute Gasteiger partial charge is 0.395 e.